The molecule has 0 spiro atoms. The molecule has 27 heavy (non-hydrogen) atoms. The van der Waals surface area contributed by atoms with E-state index in [4.69, 9.17) is 9.47 Å². The van der Waals surface area contributed by atoms with E-state index < -0.39 is 0 Å². The monoisotopic (exact) mass is 366 g/mol. The number of aromatic nitrogens is 3. The molecule has 1 heterocycles. The summed E-state index contributed by atoms with van der Waals surface area (Å²) >= 11 is 0. The largest absolute Gasteiger partial charge is 0.493 e. The number of hydrogen-bond acceptors (Lipinski definition) is 5. The van der Waals surface area contributed by atoms with E-state index in [2.05, 4.69) is 10.2 Å². The maximum Gasteiger partial charge on any atom is 0.253 e. The molecule has 2 aromatic carbocycles. The summed E-state index contributed by atoms with van der Waals surface area (Å²) in [5.74, 6) is 1.28. The average Bonchev–Trinajstić information content (AvgIpc) is 3.23. The standard InChI is InChI=1S/C20H22N4O3/c1-4-27-19-10-15(8-9-18(19)26-3)12-23(2)20(25)16-6-5-7-17(11-16)24-13-21-22-14-24/h5-11,13-14H,4,12H2,1-3H3. The molecule has 140 valence electrons. The van der Waals surface area contributed by atoms with Gasteiger partial charge in [-0.05, 0) is 42.8 Å². The van der Waals surface area contributed by atoms with Crippen molar-refractivity contribution in [2.75, 3.05) is 20.8 Å². The van der Waals surface area contributed by atoms with Gasteiger partial charge in [0.2, 0.25) is 0 Å². The van der Waals surface area contributed by atoms with Gasteiger partial charge in [0.25, 0.3) is 5.91 Å². The summed E-state index contributed by atoms with van der Waals surface area (Å²) in [6.07, 6.45) is 3.19. The molecular formula is C20H22N4O3. The van der Waals surface area contributed by atoms with E-state index in [0.29, 0.717) is 30.2 Å². The van der Waals surface area contributed by atoms with Crippen molar-refractivity contribution in [2.45, 2.75) is 13.5 Å². The molecule has 0 aliphatic carbocycles. The van der Waals surface area contributed by atoms with Gasteiger partial charge in [0, 0.05) is 24.8 Å². The predicted molar refractivity (Wildman–Crippen MR) is 101 cm³/mol. The van der Waals surface area contributed by atoms with Crippen LogP contribution in [0.2, 0.25) is 0 Å². The highest BCUT2D eigenvalue weighted by molar-refractivity contribution is 5.94. The maximum atomic E-state index is 12.8. The van der Waals surface area contributed by atoms with Gasteiger partial charge >= 0.3 is 0 Å². The second-order valence-corrected chi connectivity index (χ2v) is 6.00. The molecule has 3 rings (SSSR count). The first kappa shape index (κ1) is 18.4. The average molecular weight is 366 g/mol. The molecule has 0 N–H and O–H groups in total. The van der Waals surface area contributed by atoms with E-state index in [1.165, 1.54) is 0 Å². The van der Waals surface area contributed by atoms with E-state index in [9.17, 15) is 4.79 Å². The van der Waals surface area contributed by atoms with E-state index in [1.54, 1.807) is 42.3 Å². The lowest BCUT2D eigenvalue weighted by Gasteiger charge is -2.19. The highest BCUT2D eigenvalue weighted by Crippen LogP contribution is 2.28. The number of rotatable bonds is 7. The van der Waals surface area contributed by atoms with Crippen LogP contribution >= 0.6 is 0 Å². The summed E-state index contributed by atoms with van der Waals surface area (Å²) in [7, 11) is 3.38. The molecule has 7 nitrogen and oxygen atoms in total. The predicted octanol–water partition coefficient (Wildman–Crippen LogP) is 2.95. The minimum atomic E-state index is -0.0706. The first-order valence-electron chi connectivity index (χ1n) is 8.62. The zero-order chi connectivity index (χ0) is 19.2. The smallest absolute Gasteiger partial charge is 0.253 e. The molecule has 0 saturated heterocycles. The third-order valence-corrected chi connectivity index (χ3v) is 4.10. The number of hydrogen-bond donors (Lipinski definition) is 0. The fourth-order valence-corrected chi connectivity index (χ4v) is 2.79. The maximum absolute atomic E-state index is 12.8. The van der Waals surface area contributed by atoms with Gasteiger partial charge in [-0.15, -0.1) is 10.2 Å². The van der Waals surface area contributed by atoms with Gasteiger partial charge < -0.3 is 14.4 Å². The van der Waals surface area contributed by atoms with Gasteiger partial charge in [0.15, 0.2) is 11.5 Å². The molecule has 0 unspecified atom stereocenters. The van der Waals surface area contributed by atoms with Gasteiger partial charge in [-0.3, -0.25) is 9.36 Å². The molecule has 0 radical (unpaired) electrons. The lowest BCUT2D eigenvalue weighted by molar-refractivity contribution is 0.0785. The lowest BCUT2D eigenvalue weighted by Crippen LogP contribution is -2.26. The van der Waals surface area contributed by atoms with Crippen LogP contribution in [0, 0.1) is 0 Å². The van der Waals surface area contributed by atoms with E-state index in [-0.39, 0.29) is 5.91 Å². The summed E-state index contributed by atoms with van der Waals surface area (Å²) < 4.78 is 12.7. The second kappa shape index (κ2) is 8.35. The third-order valence-electron chi connectivity index (χ3n) is 4.10. The van der Waals surface area contributed by atoms with Crippen molar-refractivity contribution in [3.63, 3.8) is 0 Å². The minimum Gasteiger partial charge on any atom is -0.493 e. The topological polar surface area (TPSA) is 69.5 Å². The zero-order valence-electron chi connectivity index (χ0n) is 15.6. The molecule has 0 saturated carbocycles. The quantitative estimate of drug-likeness (QED) is 0.643. The van der Waals surface area contributed by atoms with Crippen molar-refractivity contribution in [1.29, 1.82) is 0 Å². The molecule has 7 heteroatoms. The van der Waals surface area contributed by atoms with Crippen molar-refractivity contribution in [3.05, 3.63) is 66.2 Å². The van der Waals surface area contributed by atoms with Crippen LogP contribution in [0.15, 0.2) is 55.1 Å². The SMILES string of the molecule is CCOc1cc(CN(C)C(=O)c2cccc(-n3cnnc3)c2)ccc1OC. The first-order valence-corrected chi connectivity index (χ1v) is 8.62. The summed E-state index contributed by atoms with van der Waals surface area (Å²) in [6.45, 7) is 2.93. The van der Waals surface area contributed by atoms with Gasteiger partial charge in [-0.1, -0.05) is 12.1 Å². The van der Waals surface area contributed by atoms with Crippen LogP contribution in [0.1, 0.15) is 22.8 Å². The van der Waals surface area contributed by atoms with Crippen LogP contribution < -0.4 is 9.47 Å². The summed E-state index contributed by atoms with van der Waals surface area (Å²) in [5.41, 5.74) is 2.40. The Balaban J connectivity index is 1.76. The van der Waals surface area contributed by atoms with Gasteiger partial charge in [0.05, 0.1) is 13.7 Å². The number of nitrogens with zero attached hydrogens (tertiary/aromatic N) is 4. The fourth-order valence-electron chi connectivity index (χ4n) is 2.79. The van der Waals surface area contributed by atoms with Crippen LogP contribution in [0.3, 0.4) is 0 Å². The van der Waals surface area contributed by atoms with Gasteiger partial charge in [0.1, 0.15) is 12.7 Å². The normalized spacial score (nSPS) is 10.5. The van der Waals surface area contributed by atoms with Crippen molar-refractivity contribution < 1.29 is 14.3 Å². The molecule has 0 atom stereocenters. The number of benzene rings is 2. The first-order chi connectivity index (χ1) is 13.1. The van der Waals surface area contributed by atoms with Crippen molar-refractivity contribution >= 4 is 5.91 Å². The second-order valence-electron chi connectivity index (χ2n) is 6.00. The Morgan fingerprint density at radius 3 is 2.59 bits per heavy atom. The van der Waals surface area contributed by atoms with Crippen molar-refractivity contribution in [1.82, 2.24) is 19.7 Å². The van der Waals surface area contributed by atoms with Gasteiger partial charge in [-0.25, -0.2) is 0 Å². The van der Waals surface area contributed by atoms with E-state index in [0.717, 1.165) is 11.3 Å². The molecule has 0 aliphatic rings. The molecule has 1 aromatic heterocycles. The Morgan fingerprint density at radius 2 is 1.89 bits per heavy atom. The highest BCUT2D eigenvalue weighted by atomic mass is 16.5. The van der Waals surface area contributed by atoms with Crippen LogP contribution in [0.5, 0.6) is 11.5 Å². The van der Waals surface area contributed by atoms with Gasteiger partial charge in [-0.2, -0.15) is 0 Å². The summed E-state index contributed by atoms with van der Waals surface area (Å²) in [4.78, 5) is 14.5. The van der Waals surface area contributed by atoms with E-state index >= 15 is 0 Å². The van der Waals surface area contributed by atoms with Crippen molar-refractivity contribution in [2.24, 2.45) is 0 Å². The summed E-state index contributed by atoms with van der Waals surface area (Å²) in [6, 6.07) is 13.0. The Morgan fingerprint density at radius 1 is 1.11 bits per heavy atom. The Bertz CT molecular complexity index is 909. The van der Waals surface area contributed by atoms with Crippen LogP contribution in [-0.4, -0.2) is 46.3 Å². The zero-order valence-corrected chi connectivity index (χ0v) is 15.6. The third kappa shape index (κ3) is 4.25. The van der Waals surface area contributed by atoms with Crippen LogP contribution in [0.25, 0.3) is 5.69 Å². The molecule has 1 amide bonds. The highest BCUT2D eigenvalue weighted by Gasteiger charge is 2.14. The van der Waals surface area contributed by atoms with Crippen molar-refractivity contribution in [3.8, 4) is 17.2 Å². The molecule has 0 aliphatic heterocycles. The fraction of sp³-hybridized carbons (Fsp3) is 0.250. The number of ether oxygens (including phenoxy) is 2. The number of methoxy groups -OCH3 is 1. The Labute approximate surface area is 158 Å². The number of amides is 1. The minimum absolute atomic E-state index is 0.0706. The molecular weight excluding hydrogens is 344 g/mol. The lowest BCUT2D eigenvalue weighted by atomic mass is 10.1. The van der Waals surface area contributed by atoms with E-state index in [1.807, 2.05) is 43.3 Å². The molecule has 0 fully saturated rings. The Hall–Kier alpha value is -3.35. The Kier molecular flexibility index (Phi) is 5.71. The molecule has 3 aromatic rings. The summed E-state index contributed by atoms with van der Waals surface area (Å²) in [5, 5.41) is 7.59. The van der Waals surface area contributed by atoms with Crippen LogP contribution in [0.4, 0.5) is 0 Å². The van der Waals surface area contributed by atoms with Crippen LogP contribution in [-0.2, 0) is 6.54 Å². The number of carbonyl (C=O) groups is 1. The number of carbonyl (C=O) groups excluding carboxylic acids is 1. The molecule has 0 bridgehead atoms.